The Hall–Kier alpha value is -1.22. The molecule has 0 amide bonds. The summed E-state index contributed by atoms with van der Waals surface area (Å²) in [5.41, 5.74) is 2.24. The summed E-state index contributed by atoms with van der Waals surface area (Å²) in [6.45, 7) is 10.1. The molecule has 2 atom stereocenters. The number of hydrogen-bond acceptors (Lipinski definition) is 3. The highest BCUT2D eigenvalue weighted by Gasteiger charge is 2.23. The topological polar surface area (TPSA) is 35.5 Å². The Bertz CT molecular complexity index is 419. The first-order chi connectivity index (χ1) is 9.10. The lowest BCUT2D eigenvalue weighted by Gasteiger charge is -2.36. The van der Waals surface area contributed by atoms with E-state index in [2.05, 4.69) is 24.1 Å². The number of nitrogens with one attached hydrogen (secondary N) is 1. The van der Waals surface area contributed by atoms with Crippen LogP contribution in [0.4, 0.5) is 5.69 Å². The second-order valence-electron chi connectivity index (χ2n) is 5.73. The maximum atomic E-state index is 9.45. The van der Waals surface area contributed by atoms with Crippen LogP contribution >= 0.6 is 0 Å². The average molecular weight is 262 g/mol. The number of hydrogen-bond donors (Lipinski definition) is 2. The quantitative estimate of drug-likeness (QED) is 0.818. The number of nitrogens with zero attached hydrogens (tertiary/aromatic N) is 1. The van der Waals surface area contributed by atoms with E-state index in [-0.39, 0.29) is 0 Å². The van der Waals surface area contributed by atoms with Gasteiger partial charge in [-0.3, -0.25) is 0 Å². The van der Waals surface area contributed by atoms with E-state index in [1.54, 1.807) is 6.07 Å². The number of aryl methyl sites for hydroxylation is 1. The molecule has 1 aliphatic rings. The largest absolute Gasteiger partial charge is 0.508 e. The highest BCUT2D eigenvalue weighted by Crippen LogP contribution is 2.25. The molecule has 0 radical (unpaired) electrons. The highest BCUT2D eigenvalue weighted by molar-refractivity contribution is 5.53. The molecule has 0 saturated carbocycles. The molecule has 3 heteroatoms. The van der Waals surface area contributed by atoms with Gasteiger partial charge in [-0.1, -0.05) is 6.92 Å². The van der Waals surface area contributed by atoms with Crippen LogP contribution in [0, 0.1) is 12.8 Å². The van der Waals surface area contributed by atoms with Crippen LogP contribution in [0.15, 0.2) is 18.2 Å². The number of phenolic OH excluding ortho intramolecular Hbond substituents is 1. The van der Waals surface area contributed by atoms with Crippen LogP contribution in [-0.2, 0) is 0 Å². The van der Waals surface area contributed by atoms with Gasteiger partial charge in [0.2, 0.25) is 0 Å². The Morgan fingerprint density at radius 2 is 2.26 bits per heavy atom. The average Bonchev–Trinajstić information content (AvgIpc) is 2.42. The first kappa shape index (κ1) is 14.2. The van der Waals surface area contributed by atoms with Gasteiger partial charge in [0.05, 0.1) is 0 Å². The minimum Gasteiger partial charge on any atom is -0.508 e. The standard InChI is InChI=1S/C16H26N2O/c1-4-18-9-5-6-14(11-18)13(3)17-16-8-7-15(19)10-12(16)2/h7-8,10,13-14,17,19H,4-6,9,11H2,1-3H3. The zero-order valence-electron chi connectivity index (χ0n) is 12.3. The molecule has 1 aromatic rings. The van der Waals surface area contributed by atoms with E-state index in [1.807, 2.05) is 19.1 Å². The lowest BCUT2D eigenvalue weighted by atomic mass is 9.91. The zero-order chi connectivity index (χ0) is 13.8. The molecule has 1 heterocycles. The summed E-state index contributed by atoms with van der Waals surface area (Å²) in [6.07, 6.45) is 2.61. The number of rotatable bonds is 4. The molecular weight excluding hydrogens is 236 g/mol. The first-order valence-electron chi connectivity index (χ1n) is 7.38. The third kappa shape index (κ3) is 3.63. The maximum Gasteiger partial charge on any atom is 0.115 e. The molecule has 0 aliphatic carbocycles. The molecule has 2 N–H and O–H groups in total. The molecule has 1 aliphatic heterocycles. The van der Waals surface area contributed by atoms with Gasteiger partial charge in [0.15, 0.2) is 0 Å². The lowest BCUT2D eigenvalue weighted by Crippen LogP contribution is -2.41. The van der Waals surface area contributed by atoms with E-state index in [4.69, 9.17) is 0 Å². The SMILES string of the molecule is CCN1CCCC(C(C)Nc2ccc(O)cc2C)C1. The van der Waals surface area contributed by atoms with E-state index >= 15 is 0 Å². The molecule has 0 bridgehead atoms. The number of aromatic hydroxyl groups is 1. The van der Waals surface area contributed by atoms with Crippen LogP contribution in [-0.4, -0.2) is 35.7 Å². The van der Waals surface area contributed by atoms with Crippen molar-refractivity contribution in [3.63, 3.8) is 0 Å². The third-order valence-corrected chi connectivity index (χ3v) is 4.29. The molecule has 2 rings (SSSR count). The lowest BCUT2D eigenvalue weighted by molar-refractivity contribution is 0.172. The van der Waals surface area contributed by atoms with Gasteiger partial charge in [-0.25, -0.2) is 0 Å². The minimum atomic E-state index is 0.338. The first-order valence-corrected chi connectivity index (χ1v) is 7.38. The van der Waals surface area contributed by atoms with Crippen molar-refractivity contribution < 1.29 is 5.11 Å². The van der Waals surface area contributed by atoms with Crippen LogP contribution in [0.2, 0.25) is 0 Å². The summed E-state index contributed by atoms with van der Waals surface area (Å²) in [6, 6.07) is 6.01. The van der Waals surface area contributed by atoms with Crippen molar-refractivity contribution in [2.24, 2.45) is 5.92 Å². The summed E-state index contributed by atoms with van der Waals surface area (Å²) in [5.74, 6) is 1.05. The van der Waals surface area contributed by atoms with Gasteiger partial charge >= 0.3 is 0 Å². The fourth-order valence-electron chi connectivity index (χ4n) is 2.96. The monoisotopic (exact) mass is 262 g/mol. The van der Waals surface area contributed by atoms with E-state index in [0.29, 0.717) is 17.7 Å². The maximum absolute atomic E-state index is 9.45. The van der Waals surface area contributed by atoms with Crippen LogP contribution in [0.5, 0.6) is 5.75 Å². The molecular formula is C16H26N2O. The summed E-state index contributed by atoms with van der Waals surface area (Å²) in [4.78, 5) is 2.54. The van der Waals surface area contributed by atoms with Gasteiger partial charge in [0.1, 0.15) is 5.75 Å². The summed E-state index contributed by atoms with van der Waals surface area (Å²) >= 11 is 0. The minimum absolute atomic E-state index is 0.338. The van der Waals surface area contributed by atoms with Crippen molar-refractivity contribution in [3.8, 4) is 5.75 Å². The van der Waals surface area contributed by atoms with E-state index < -0.39 is 0 Å². The normalized spacial score (nSPS) is 22.2. The van der Waals surface area contributed by atoms with Crippen LogP contribution in [0.25, 0.3) is 0 Å². The van der Waals surface area contributed by atoms with Gasteiger partial charge in [0, 0.05) is 18.3 Å². The van der Waals surface area contributed by atoms with Gasteiger partial charge in [-0.2, -0.15) is 0 Å². The van der Waals surface area contributed by atoms with Crippen molar-refractivity contribution >= 4 is 5.69 Å². The van der Waals surface area contributed by atoms with Gasteiger partial charge in [-0.05, 0) is 69.5 Å². The number of anilines is 1. The molecule has 0 aromatic heterocycles. The second kappa shape index (κ2) is 6.29. The number of benzene rings is 1. The molecule has 3 nitrogen and oxygen atoms in total. The van der Waals surface area contributed by atoms with Crippen LogP contribution in [0.3, 0.4) is 0 Å². The van der Waals surface area contributed by atoms with Crippen LogP contribution in [0.1, 0.15) is 32.3 Å². The molecule has 2 unspecified atom stereocenters. The van der Waals surface area contributed by atoms with Crippen molar-refractivity contribution in [1.29, 1.82) is 0 Å². The number of piperidine rings is 1. The summed E-state index contributed by atoms with van der Waals surface area (Å²) in [7, 11) is 0. The van der Waals surface area contributed by atoms with Gasteiger partial charge in [-0.15, -0.1) is 0 Å². The smallest absolute Gasteiger partial charge is 0.115 e. The molecule has 1 saturated heterocycles. The number of likely N-dealkylation sites (tertiary alicyclic amines) is 1. The van der Waals surface area contributed by atoms with Crippen molar-refractivity contribution in [3.05, 3.63) is 23.8 Å². The second-order valence-corrected chi connectivity index (χ2v) is 5.73. The molecule has 19 heavy (non-hydrogen) atoms. The summed E-state index contributed by atoms with van der Waals surface area (Å²) in [5, 5.41) is 13.1. The molecule has 0 spiro atoms. The fraction of sp³-hybridized carbons (Fsp3) is 0.625. The van der Waals surface area contributed by atoms with E-state index in [9.17, 15) is 5.11 Å². The Morgan fingerprint density at radius 1 is 1.47 bits per heavy atom. The Morgan fingerprint density at radius 3 is 2.95 bits per heavy atom. The Kier molecular flexibility index (Phi) is 4.70. The zero-order valence-corrected chi connectivity index (χ0v) is 12.3. The van der Waals surface area contributed by atoms with Crippen molar-refractivity contribution in [2.45, 2.75) is 39.7 Å². The van der Waals surface area contributed by atoms with Gasteiger partial charge in [0.25, 0.3) is 0 Å². The van der Waals surface area contributed by atoms with Crippen molar-refractivity contribution in [2.75, 3.05) is 25.0 Å². The highest BCUT2D eigenvalue weighted by atomic mass is 16.3. The summed E-state index contributed by atoms with van der Waals surface area (Å²) < 4.78 is 0. The predicted molar refractivity (Wildman–Crippen MR) is 80.8 cm³/mol. The van der Waals surface area contributed by atoms with Gasteiger partial charge < -0.3 is 15.3 Å². The number of phenols is 1. The molecule has 106 valence electrons. The fourth-order valence-corrected chi connectivity index (χ4v) is 2.96. The Balaban J connectivity index is 1.98. The third-order valence-electron chi connectivity index (χ3n) is 4.29. The molecule has 1 aromatic carbocycles. The van der Waals surface area contributed by atoms with Crippen LogP contribution < -0.4 is 5.32 Å². The van der Waals surface area contributed by atoms with E-state index in [0.717, 1.165) is 17.8 Å². The Labute approximate surface area is 116 Å². The predicted octanol–water partition coefficient (Wildman–Crippen LogP) is 3.23. The van der Waals surface area contributed by atoms with E-state index in [1.165, 1.54) is 25.9 Å². The van der Waals surface area contributed by atoms with Crippen molar-refractivity contribution in [1.82, 2.24) is 4.90 Å². The molecule has 1 fully saturated rings.